The Balaban J connectivity index is 2.19. The minimum absolute atomic E-state index is 0.0285. The van der Waals surface area contributed by atoms with E-state index >= 15 is 0 Å². The summed E-state index contributed by atoms with van der Waals surface area (Å²) < 4.78 is 43.1. The maximum absolute atomic E-state index is 12.8. The molecule has 1 unspecified atom stereocenters. The topological polar surface area (TPSA) is 55.1 Å². The first kappa shape index (κ1) is 12.6. The van der Waals surface area contributed by atoms with Crippen LogP contribution in [0.1, 0.15) is 21.4 Å². The zero-order chi connectivity index (χ0) is 13.2. The van der Waals surface area contributed by atoms with Crippen molar-refractivity contribution in [3.05, 3.63) is 40.7 Å². The summed E-state index contributed by atoms with van der Waals surface area (Å²) in [5, 5.41) is 3.09. The second kappa shape index (κ2) is 4.81. The molecule has 8 heteroatoms. The largest absolute Gasteiger partial charge is 0.472 e. The van der Waals surface area contributed by atoms with Gasteiger partial charge in [-0.25, -0.2) is 4.98 Å². The number of nitrogens with zero attached hydrogens (tertiary/aromatic N) is 1. The van der Waals surface area contributed by atoms with Gasteiger partial charge in [0, 0.05) is 11.6 Å². The van der Waals surface area contributed by atoms with E-state index in [1.54, 1.807) is 0 Å². The van der Waals surface area contributed by atoms with Gasteiger partial charge in [0.15, 0.2) is 6.04 Å². The third kappa shape index (κ3) is 2.70. The van der Waals surface area contributed by atoms with Gasteiger partial charge in [-0.05, 0) is 6.07 Å². The van der Waals surface area contributed by atoms with E-state index in [2.05, 4.69) is 9.40 Å². The maximum Gasteiger partial charge on any atom is 0.415 e. The first-order valence-corrected chi connectivity index (χ1v) is 5.65. The number of furan rings is 1. The number of carbonyl (C=O) groups is 1. The van der Waals surface area contributed by atoms with Crippen LogP contribution >= 0.6 is 11.3 Å². The smallest absolute Gasteiger partial charge is 0.415 e. The summed E-state index contributed by atoms with van der Waals surface area (Å²) in [7, 11) is 0. The summed E-state index contributed by atoms with van der Waals surface area (Å²) in [5.41, 5.74) is 0.0285. The number of amides is 1. The fourth-order valence-electron chi connectivity index (χ4n) is 1.27. The van der Waals surface area contributed by atoms with Crippen molar-refractivity contribution >= 4 is 17.2 Å². The van der Waals surface area contributed by atoms with Gasteiger partial charge in [-0.3, -0.25) is 4.79 Å². The SMILES string of the molecule is O=C(NC(c1nccs1)C(F)(F)F)c1ccoc1. The number of aromatic nitrogens is 1. The van der Waals surface area contributed by atoms with Crippen LogP contribution in [0.25, 0.3) is 0 Å². The Morgan fingerprint density at radius 3 is 2.78 bits per heavy atom. The first-order chi connectivity index (χ1) is 8.48. The number of hydrogen-bond donors (Lipinski definition) is 1. The highest BCUT2D eigenvalue weighted by atomic mass is 32.1. The average molecular weight is 276 g/mol. The zero-order valence-electron chi connectivity index (χ0n) is 8.77. The van der Waals surface area contributed by atoms with Crippen LogP contribution in [-0.4, -0.2) is 17.1 Å². The number of rotatable bonds is 3. The van der Waals surface area contributed by atoms with Crippen molar-refractivity contribution in [3.8, 4) is 0 Å². The third-order valence-electron chi connectivity index (χ3n) is 2.08. The van der Waals surface area contributed by atoms with Crippen LogP contribution in [0.2, 0.25) is 0 Å². The van der Waals surface area contributed by atoms with Crippen LogP contribution in [0.15, 0.2) is 34.6 Å². The highest BCUT2D eigenvalue weighted by molar-refractivity contribution is 7.09. The van der Waals surface area contributed by atoms with Crippen LogP contribution in [0.4, 0.5) is 13.2 Å². The van der Waals surface area contributed by atoms with Crippen LogP contribution in [-0.2, 0) is 0 Å². The summed E-state index contributed by atoms with van der Waals surface area (Å²) in [6, 6.07) is -0.829. The Morgan fingerprint density at radius 1 is 1.50 bits per heavy atom. The molecule has 1 amide bonds. The van der Waals surface area contributed by atoms with Crippen molar-refractivity contribution in [2.45, 2.75) is 12.2 Å². The zero-order valence-corrected chi connectivity index (χ0v) is 9.59. The van der Waals surface area contributed by atoms with Gasteiger partial charge in [0.25, 0.3) is 5.91 Å². The van der Waals surface area contributed by atoms with Crippen LogP contribution < -0.4 is 5.32 Å². The lowest BCUT2D eigenvalue weighted by atomic mass is 10.2. The molecule has 2 aromatic heterocycles. The minimum atomic E-state index is -4.60. The standard InChI is InChI=1S/C10H7F3N2O2S/c11-10(12,13)7(9-14-2-4-18-9)15-8(16)6-1-3-17-5-6/h1-5,7H,(H,15,16). The highest BCUT2D eigenvalue weighted by Gasteiger charge is 2.43. The van der Waals surface area contributed by atoms with E-state index in [4.69, 9.17) is 0 Å². The molecule has 1 N–H and O–H groups in total. The molecule has 96 valence electrons. The van der Waals surface area contributed by atoms with Crippen molar-refractivity contribution in [2.75, 3.05) is 0 Å². The van der Waals surface area contributed by atoms with Crippen molar-refractivity contribution in [2.24, 2.45) is 0 Å². The molecule has 2 aromatic rings. The maximum atomic E-state index is 12.8. The number of thiazole rings is 1. The van der Waals surface area contributed by atoms with Crippen molar-refractivity contribution < 1.29 is 22.4 Å². The molecular formula is C10H7F3N2O2S. The normalized spacial score (nSPS) is 13.3. The molecule has 2 heterocycles. The van der Waals surface area contributed by atoms with Gasteiger partial charge in [-0.1, -0.05) is 0 Å². The summed E-state index contributed by atoms with van der Waals surface area (Å²) >= 11 is 0.828. The molecular weight excluding hydrogens is 269 g/mol. The predicted molar refractivity (Wildman–Crippen MR) is 57.1 cm³/mol. The van der Waals surface area contributed by atoms with E-state index in [0.717, 1.165) is 17.6 Å². The summed E-state index contributed by atoms with van der Waals surface area (Å²) in [4.78, 5) is 15.1. The number of carbonyl (C=O) groups excluding carboxylic acids is 1. The molecule has 0 aliphatic heterocycles. The Bertz CT molecular complexity index is 508. The van der Waals surface area contributed by atoms with Gasteiger partial charge in [0.05, 0.1) is 11.8 Å². The van der Waals surface area contributed by atoms with Gasteiger partial charge < -0.3 is 9.73 Å². The second-order valence-corrected chi connectivity index (χ2v) is 4.26. The van der Waals surface area contributed by atoms with E-state index in [1.807, 2.05) is 5.32 Å². The average Bonchev–Trinajstić information content (AvgIpc) is 2.96. The monoisotopic (exact) mass is 276 g/mol. The molecule has 0 aliphatic carbocycles. The lowest BCUT2D eigenvalue weighted by Crippen LogP contribution is -2.37. The van der Waals surface area contributed by atoms with Crippen LogP contribution in [0, 0.1) is 0 Å². The molecule has 2 rings (SSSR count). The Morgan fingerprint density at radius 2 is 2.28 bits per heavy atom. The molecule has 1 atom stereocenters. The lowest BCUT2D eigenvalue weighted by Gasteiger charge is -2.19. The highest BCUT2D eigenvalue weighted by Crippen LogP contribution is 2.33. The van der Waals surface area contributed by atoms with Gasteiger partial charge in [0.1, 0.15) is 11.3 Å². The van der Waals surface area contributed by atoms with E-state index in [-0.39, 0.29) is 10.6 Å². The van der Waals surface area contributed by atoms with Crippen molar-refractivity contribution in [1.29, 1.82) is 0 Å². The molecule has 0 saturated carbocycles. The molecule has 4 nitrogen and oxygen atoms in total. The fraction of sp³-hybridized carbons (Fsp3) is 0.200. The summed E-state index contributed by atoms with van der Waals surface area (Å²) in [6.07, 6.45) is -1.06. The Kier molecular flexibility index (Phi) is 3.37. The molecule has 0 aliphatic rings. The molecule has 0 fully saturated rings. The molecule has 0 radical (unpaired) electrons. The summed E-state index contributed by atoms with van der Waals surface area (Å²) in [6.45, 7) is 0. The minimum Gasteiger partial charge on any atom is -0.472 e. The number of nitrogens with one attached hydrogen (secondary N) is 1. The Labute approximate surface area is 103 Å². The number of hydrogen-bond acceptors (Lipinski definition) is 4. The Hall–Kier alpha value is -1.83. The van der Waals surface area contributed by atoms with Gasteiger partial charge in [0.2, 0.25) is 0 Å². The fourth-order valence-corrected chi connectivity index (χ4v) is 1.98. The molecule has 0 spiro atoms. The molecule has 18 heavy (non-hydrogen) atoms. The first-order valence-electron chi connectivity index (χ1n) is 4.77. The molecule has 0 aromatic carbocycles. The van der Waals surface area contributed by atoms with Crippen LogP contribution in [0.3, 0.4) is 0 Å². The van der Waals surface area contributed by atoms with E-state index in [9.17, 15) is 18.0 Å². The van der Waals surface area contributed by atoms with Gasteiger partial charge >= 0.3 is 6.18 Å². The van der Waals surface area contributed by atoms with E-state index < -0.39 is 18.1 Å². The van der Waals surface area contributed by atoms with E-state index in [0.29, 0.717) is 0 Å². The second-order valence-electron chi connectivity index (χ2n) is 3.33. The third-order valence-corrected chi connectivity index (χ3v) is 2.92. The predicted octanol–water partition coefficient (Wildman–Crippen LogP) is 2.77. The van der Waals surface area contributed by atoms with Gasteiger partial charge in [-0.15, -0.1) is 11.3 Å². The quantitative estimate of drug-likeness (QED) is 0.937. The number of alkyl halides is 3. The lowest BCUT2D eigenvalue weighted by molar-refractivity contribution is -0.155. The van der Waals surface area contributed by atoms with Crippen LogP contribution in [0.5, 0.6) is 0 Å². The molecule has 0 bridgehead atoms. The number of halogens is 3. The van der Waals surface area contributed by atoms with Crippen molar-refractivity contribution in [1.82, 2.24) is 10.3 Å². The molecule has 0 saturated heterocycles. The summed E-state index contributed by atoms with van der Waals surface area (Å²) in [5.74, 6) is -0.860. The van der Waals surface area contributed by atoms with Crippen molar-refractivity contribution in [3.63, 3.8) is 0 Å². The van der Waals surface area contributed by atoms with E-state index in [1.165, 1.54) is 23.9 Å². The van der Waals surface area contributed by atoms with Gasteiger partial charge in [-0.2, -0.15) is 13.2 Å².